The maximum Gasteiger partial charge on any atom is 0.253 e. The normalized spacial score (nSPS) is 14.4. The Bertz CT molecular complexity index is 935. The van der Waals surface area contributed by atoms with Gasteiger partial charge in [-0.05, 0) is 54.8 Å². The standard InChI is InChI=1S/C21H23ClN2O3S/c1-2-13-24(28(26,27)20-11-9-19(22)10-12-20)16-17-5-7-18(8-6-17)21(25)23-14-3-4-15-23/h2,5-12H,1,3-4,13-16H2. The molecular weight excluding hydrogens is 396 g/mol. The Morgan fingerprint density at radius 3 is 2.25 bits per heavy atom. The number of nitrogens with zero attached hydrogens (tertiary/aromatic N) is 2. The van der Waals surface area contributed by atoms with Crippen molar-refractivity contribution >= 4 is 27.5 Å². The average molecular weight is 419 g/mol. The zero-order valence-electron chi connectivity index (χ0n) is 15.6. The fourth-order valence-electron chi connectivity index (χ4n) is 3.21. The van der Waals surface area contributed by atoms with Crippen LogP contribution in [0.4, 0.5) is 0 Å². The van der Waals surface area contributed by atoms with Gasteiger partial charge in [-0.15, -0.1) is 6.58 Å². The second kappa shape index (κ2) is 8.90. The van der Waals surface area contributed by atoms with Crippen LogP contribution < -0.4 is 0 Å². The van der Waals surface area contributed by atoms with Crippen molar-refractivity contribution in [2.75, 3.05) is 19.6 Å². The van der Waals surface area contributed by atoms with Crippen LogP contribution in [0, 0.1) is 0 Å². The van der Waals surface area contributed by atoms with Crippen LogP contribution in [0.1, 0.15) is 28.8 Å². The van der Waals surface area contributed by atoms with Crippen molar-refractivity contribution in [2.45, 2.75) is 24.3 Å². The Labute approximate surface area is 171 Å². The van der Waals surface area contributed by atoms with Gasteiger partial charge >= 0.3 is 0 Å². The molecule has 0 atom stereocenters. The number of amides is 1. The Balaban J connectivity index is 1.77. The number of carbonyl (C=O) groups is 1. The lowest BCUT2D eigenvalue weighted by Gasteiger charge is -2.21. The highest BCUT2D eigenvalue weighted by molar-refractivity contribution is 7.89. The summed E-state index contributed by atoms with van der Waals surface area (Å²) in [7, 11) is -3.69. The number of sulfonamides is 1. The third-order valence-electron chi connectivity index (χ3n) is 4.74. The van der Waals surface area contributed by atoms with Gasteiger partial charge in [0.15, 0.2) is 0 Å². The minimum absolute atomic E-state index is 0.0285. The number of hydrogen-bond acceptors (Lipinski definition) is 3. The average Bonchev–Trinajstić information content (AvgIpc) is 3.23. The minimum Gasteiger partial charge on any atom is -0.339 e. The number of likely N-dealkylation sites (tertiary alicyclic amines) is 1. The van der Waals surface area contributed by atoms with Gasteiger partial charge in [0.2, 0.25) is 10.0 Å². The molecule has 0 spiro atoms. The number of carbonyl (C=O) groups excluding carboxylic acids is 1. The van der Waals surface area contributed by atoms with E-state index in [1.54, 1.807) is 42.5 Å². The third-order valence-corrected chi connectivity index (χ3v) is 6.82. The molecule has 0 bridgehead atoms. The Morgan fingerprint density at radius 1 is 1.07 bits per heavy atom. The number of rotatable bonds is 7. The zero-order chi connectivity index (χ0) is 20.1. The molecule has 2 aromatic carbocycles. The summed E-state index contributed by atoms with van der Waals surface area (Å²) >= 11 is 5.86. The van der Waals surface area contributed by atoms with Crippen LogP contribution in [-0.2, 0) is 16.6 Å². The monoisotopic (exact) mass is 418 g/mol. The molecule has 0 aliphatic carbocycles. The van der Waals surface area contributed by atoms with Crippen LogP contribution in [0.25, 0.3) is 0 Å². The van der Waals surface area contributed by atoms with Gasteiger partial charge in [0.05, 0.1) is 4.90 Å². The van der Waals surface area contributed by atoms with E-state index in [4.69, 9.17) is 11.6 Å². The summed E-state index contributed by atoms with van der Waals surface area (Å²) in [5, 5.41) is 0.479. The second-order valence-corrected chi connectivity index (χ2v) is 9.11. The summed E-state index contributed by atoms with van der Waals surface area (Å²) in [5.74, 6) is 0.0285. The van der Waals surface area contributed by atoms with Gasteiger partial charge in [-0.3, -0.25) is 4.79 Å². The fourth-order valence-corrected chi connectivity index (χ4v) is 4.73. The molecule has 0 radical (unpaired) electrons. The van der Waals surface area contributed by atoms with Gasteiger partial charge in [-0.2, -0.15) is 4.31 Å². The molecule has 28 heavy (non-hydrogen) atoms. The summed E-state index contributed by atoms with van der Waals surface area (Å²) in [6.45, 7) is 5.63. The van der Waals surface area contributed by atoms with Crippen LogP contribution in [0.3, 0.4) is 0 Å². The van der Waals surface area contributed by atoms with Crippen LogP contribution in [0.2, 0.25) is 5.02 Å². The van der Waals surface area contributed by atoms with E-state index in [0.29, 0.717) is 10.6 Å². The van der Waals surface area contributed by atoms with E-state index in [1.165, 1.54) is 16.4 Å². The summed E-state index contributed by atoms with van der Waals surface area (Å²) in [5.41, 5.74) is 1.43. The van der Waals surface area contributed by atoms with Crippen molar-refractivity contribution in [1.29, 1.82) is 0 Å². The molecule has 2 aromatic rings. The van der Waals surface area contributed by atoms with Gasteiger partial charge in [0, 0.05) is 36.8 Å². The van der Waals surface area contributed by atoms with Crippen LogP contribution >= 0.6 is 11.6 Å². The summed E-state index contributed by atoms with van der Waals surface area (Å²) in [6.07, 6.45) is 3.64. The van der Waals surface area contributed by atoms with Crippen molar-refractivity contribution in [3.63, 3.8) is 0 Å². The number of hydrogen-bond donors (Lipinski definition) is 0. The Hall–Kier alpha value is -2.15. The molecule has 1 aliphatic rings. The van der Waals surface area contributed by atoms with Gasteiger partial charge < -0.3 is 4.90 Å². The van der Waals surface area contributed by atoms with Gasteiger partial charge in [0.25, 0.3) is 5.91 Å². The van der Waals surface area contributed by atoms with E-state index in [0.717, 1.165) is 31.5 Å². The first-order valence-corrected chi connectivity index (χ1v) is 11.0. The molecule has 0 unspecified atom stereocenters. The second-order valence-electron chi connectivity index (χ2n) is 6.74. The lowest BCUT2D eigenvalue weighted by Crippen LogP contribution is -2.31. The van der Waals surface area contributed by atoms with Crippen LogP contribution in [0.5, 0.6) is 0 Å². The quantitative estimate of drug-likeness (QED) is 0.639. The highest BCUT2D eigenvalue weighted by atomic mass is 35.5. The SMILES string of the molecule is C=CCN(Cc1ccc(C(=O)N2CCCC2)cc1)S(=O)(=O)c1ccc(Cl)cc1. The molecule has 1 amide bonds. The molecule has 0 aromatic heterocycles. The molecule has 1 aliphatic heterocycles. The zero-order valence-corrected chi connectivity index (χ0v) is 17.1. The molecule has 0 N–H and O–H groups in total. The molecule has 1 heterocycles. The molecule has 7 heteroatoms. The largest absolute Gasteiger partial charge is 0.339 e. The van der Waals surface area contributed by atoms with Crippen LogP contribution in [0.15, 0.2) is 66.1 Å². The van der Waals surface area contributed by atoms with E-state index in [2.05, 4.69) is 6.58 Å². The van der Waals surface area contributed by atoms with E-state index in [1.807, 2.05) is 4.90 Å². The van der Waals surface area contributed by atoms with E-state index < -0.39 is 10.0 Å². The third kappa shape index (κ3) is 4.63. The topological polar surface area (TPSA) is 57.7 Å². The fraction of sp³-hybridized carbons (Fsp3) is 0.286. The highest BCUT2D eigenvalue weighted by Gasteiger charge is 2.24. The first-order chi connectivity index (χ1) is 13.4. The Morgan fingerprint density at radius 2 is 1.68 bits per heavy atom. The lowest BCUT2D eigenvalue weighted by molar-refractivity contribution is 0.0793. The molecule has 148 valence electrons. The molecule has 0 saturated carbocycles. The van der Waals surface area contributed by atoms with Crippen molar-refractivity contribution in [3.8, 4) is 0 Å². The van der Waals surface area contributed by atoms with Crippen LogP contribution in [-0.4, -0.2) is 43.2 Å². The molecule has 3 rings (SSSR count). The van der Waals surface area contributed by atoms with Crippen molar-refractivity contribution < 1.29 is 13.2 Å². The van der Waals surface area contributed by atoms with E-state index >= 15 is 0 Å². The van der Waals surface area contributed by atoms with Gasteiger partial charge in [-0.1, -0.05) is 29.8 Å². The predicted molar refractivity (Wildman–Crippen MR) is 111 cm³/mol. The molecule has 5 nitrogen and oxygen atoms in total. The summed E-state index contributed by atoms with van der Waals surface area (Å²) < 4.78 is 27.3. The maximum absolute atomic E-state index is 13.0. The molecule has 1 fully saturated rings. The lowest BCUT2D eigenvalue weighted by atomic mass is 10.1. The maximum atomic E-state index is 13.0. The van der Waals surface area contributed by atoms with Gasteiger partial charge in [0.1, 0.15) is 0 Å². The minimum atomic E-state index is -3.69. The van der Waals surface area contributed by atoms with Gasteiger partial charge in [-0.25, -0.2) is 8.42 Å². The van der Waals surface area contributed by atoms with Crippen molar-refractivity contribution in [1.82, 2.24) is 9.21 Å². The first-order valence-electron chi connectivity index (χ1n) is 9.16. The molecule has 1 saturated heterocycles. The summed E-state index contributed by atoms with van der Waals surface area (Å²) in [6, 6.07) is 13.2. The first kappa shape index (κ1) is 20.6. The summed E-state index contributed by atoms with van der Waals surface area (Å²) in [4.78, 5) is 14.5. The number of halogens is 1. The number of benzene rings is 2. The molecular formula is C21H23ClN2O3S. The van der Waals surface area contributed by atoms with Crippen molar-refractivity contribution in [3.05, 3.63) is 77.3 Å². The smallest absolute Gasteiger partial charge is 0.253 e. The van der Waals surface area contributed by atoms with E-state index in [-0.39, 0.29) is 23.9 Å². The highest BCUT2D eigenvalue weighted by Crippen LogP contribution is 2.21. The Kier molecular flexibility index (Phi) is 6.54. The van der Waals surface area contributed by atoms with Crippen molar-refractivity contribution in [2.24, 2.45) is 0 Å². The van der Waals surface area contributed by atoms with E-state index in [9.17, 15) is 13.2 Å². The predicted octanol–water partition coefficient (Wildman–Crippen LogP) is 3.95.